The van der Waals surface area contributed by atoms with Crippen molar-refractivity contribution in [1.29, 1.82) is 0 Å². The van der Waals surface area contributed by atoms with Crippen molar-refractivity contribution in [3.8, 4) is 22.8 Å². The predicted molar refractivity (Wildman–Crippen MR) is 71.5 cm³/mol. The monoisotopic (exact) mass is 321 g/mol. The van der Waals surface area contributed by atoms with Gasteiger partial charge in [-0.2, -0.15) is 0 Å². The SMILES string of the molecule is In1cc(-c2ccccc2)nc2nccc1-2. The molecule has 0 N–H and O–H groups in total. The molecule has 0 unspecified atom stereocenters. The lowest BCUT2D eigenvalue weighted by Crippen LogP contribution is -1.96. The Hall–Kier alpha value is -1.43. The van der Waals surface area contributed by atoms with Crippen LogP contribution in [0.4, 0.5) is 0 Å². The number of hydrogen-bond acceptors (Lipinski definition) is 2. The summed E-state index contributed by atoms with van der Waals surface area (Å²) in [4.78, 5) is 8.76. The number of benzene rings is 1. The fourth-order valence-corrected chi connectivity index (χ4v) is 2.28. The largest absolute Gasteiger partial charge is 0.284 e. The lowest BCUT2D eigenvalue weighted by Gasteiger charge is -2.07. The summed E-state index contributed by atoms with van der Waals surface area (Å²) in [6, 6.07) is 12.1. The lowest BCUT2D eigenvalue weighted by atomic mass is 10.1. The van der Waals surface area contributed by atoms with Gasteiger partial charge in [0.05, 0.1) is 34.3 Å². The van der Waals surface area contributed by atoms with Crippen LogP contribution in [0.2, 0.25) is 0 Å². The summed E-state index contributed by atoms with van der Waals surface area (Å²) in [6.07, 6.45) is 3.79. The molecule has 0 fully saturated rings. The minimum absolute atomic E-state index is 0.788. The van der Waals surface area contributed by atoms with Crippen molar-refractivity contribution in [1.82, 2.24) is 12.7 Å². The van der Waals surface area contributed by atoms with E-state index in [9.17, 15) is 0 Å². The van der Waals surface area contributed by atoms with Crippen molar-refractivity contribution in [2.24, 2.45) is 0 Å². The van der Waals surface area contributed by atoms with Gasteiger partial charge in [-0.3, -0.25) is 2.78 Å². The van der Waals surface area contributed by atoms with Crippen LogP contribution < -0.4 is 0 Å². The first kappa shape index (κ1) is 9.77. The van der Waals surface area contributed by atoms with Crippen LogP contribution in [0.25, 0.3) is 22.8 Å². The van der Waals surface area contributed by atoms with Gasteiger partial charge < -0.3 is 0 Å². The van der Waals surface area contributed by atoms with Gasteiger partial charge in [0.1, 0.15) is 0 Å². The average Bonchev–Trinajstić information content (AvgIpc) is 2.79. The highest BCUT2D eigenvalue weighted by molar-refractivity contribution is 14.1. The van der Waals surface area contributed by atoms with E-state index in [1.165, 1.54) is 0 Å². The highest BCUT2D eigenvalue weighted by Gasteiger charge is 2.11. The minimum atomic E-state index is 0.788. The molecule has 0 spiro atoms. The van der Waals surface area contributed by atoms with E-state index in [2.05, 4.69) is 32.8 Å². The molecule has 0 aromatic heterocycles. The maximum absolute atomic E-state index is 4.53. The molecular formula is C12H8IN3. The Balaban J connectivity index is 2.23. The molecule has 0 aliphatic carbocycles. The molecule has 0 radical (unpaired) electrons. The Morgan fingerprint density at radius 2 is 1.88 bits per heavy atom. The molecule has 2 heterocycles. The molecule has 0 saturated carbocycles. The topological polar surface area (TPSA) is 30.7 Å². The van der Waals surface area contributed by atoms with Gasteiger partial charge in [-0.05, 0) is 6.07 Å². The van der Waals surface area contributed by atoms with Crippen LogP contribution in [0.3, 0.4) is 0 Å². The van der Waals surface area contributed by atoms with Gasteiger partial charge in [0.25, 0.3) is 0 Å². The number of aromatic nitrogens is 3. The first-order valence-electron chi connectivity index (χ1n) is 4.90. The molecule has 4 heteroatoms. The zero-order valence-corrected chi connectivity index (χ0v) is 10.5. The molecule has 1 aromatic rings. The van der Waals surface area contributed by atoms with Gasteiger partial charge in [-0.15, -0.1) is 0 Å². The number of fused-ring (bicyclic) bond motifs is 1. The van der Waals surface area contributed by atoms with E-state index in [-0.39, 0.29) is 0 Å². The minimum Gasteiger partial charge on any atom is -0.284 e. The second-order valence-corrected chi connectivity index (χ2v) is 4.50. The Morgan fingerprint density at radius 1 is 1.06 bits per heavy atom. The van der Waals surface area contributed by atoms with E-state index < -0.39 is 0 Å². The van der Waals surface area contributed by atoms with E-state index in [1.54, 1.807) is 6.20 Å². The van der Waals surface area contributed by atoms with Gasteiger partial charge >= 0.3 is 0 Å². The molecule has 3 rings (SSSR count). The maximum atomic E-state index is 4.53. The summed E-state index contributed by atoms with van der Waals surface area (Å²) in [7, 11) is 0. The highest BCUT2D eigenvalue weighted by Crippen LogP contribution is 2.25. The van der Waals surface area contributed by atoms with Crippen molar-refractivity contribution in [3.05, 3.63) is 48.8 Å². The van der Waals surface area contributed by atoms with Gasteiger partial charge in [0.15, 0.2) is 5.82 Å². The number of rotatable bonds is 1. The molecule has 16 heavy (non-hydrogen) atoms. The molecule has 0 amide bonds. The van der Waals surface area contributed by atoms with Crippen LogP contribution >= 0.6 is 22.9 Å². The Morgan fingerprint density at radius 3 is 2.69 bits per heavy atom. The molecule has 78 valence electrons. The zero-order valence-electron chi connectivity index (χ0n) is 8.34. The number of nitrogens with zero attached hydrogens (tertiary/aromatic N) is 3. The van der Waals surface area contributed by atoms with Crippen LogP contribution in [-0.4, -0.2) is 12.7 Å². The quantitative estimate of drug-likeness (QED) is 0.644. The molecule has 1 aromatic carbocycles. The predicted octanol–water partition coefficient (Wildman–Crippen LogP) is 3.25. The number of hydrogen-bond donors (Lipinski definition) is 0. The molecule has 2 aliphatic rings. The zero-order chi connectivity index (χ0) is 11.0. The fourth-order valence-electron chi connectivity index (χ4n) is 1.64. The van der Waals surface area contributed by atoms with Crippen LogP contribution in [0.1, 0.15) is 0 Å². The third-order valence-corrected chi connectivity index (χ3v) is 3.22. The summed E-state index contributed by atoms with van der Waals surface area (Å²) in [5.74, 6) is 0.788. The van der Waals surface area contributed by atoms with E-state index in [0.29, 0.717) is 0 Å². The van der Waals surface area contributed by atoms with E-state index >= 15 is 0 Å². The molecule has 2 aliphatic heterocycles. The summed E-state index contributed by atoms with van der Waals surface area (Å²) in [5.41, 5.74) is 3.10. The van der Waals surface area contributed by atoms with Crippen molar-refractivity contribution >= 4 is 22.9 Å². The van der Waals surface area contributed by atoms with E-state index in [1.807, 2.05) is 45.4 Å². The Bertz CT molecular complexity index is 589. The van der Waals surface area contributed by atoms with Gasteiger partial charge in [-0.25, -0.2) is 9.97 Å². The van der Waals surface area contributed by atoms with Crippen molar-refractivity contribution < 1.29 is 0 Å². The first-order valence-corrected chi connectivity index (χ1v) is 5.87. The molecular weight excluding hydrogens is 313 g/mol. The van der Waals surface area contributed by atoms with Crippen LogP contribution in [0.15, 0.2) is 48.8 Å². The Kier molecular flexibility index (Phi) is 2.36. The molecule has 0 bridgehead atoms. The van der Waals surface area contributed by atoms with E-state index in [0.717, 1.165) is 22.8 Å². The molecule has 0 saturated heterocycles. The lowest BCUT2D eigenvalue weighted by molar-refractivity contribution is 1.15. The summed E-state index contributed by atoms with van der Waals surface area (Å²) in [6.45, 7) is 0. The van der Waals surface area contributed by atoms with Gasteiger partial charge in [0, 0.05) is 18.0 Å². The second-order valence-electron chi connectivity index (χ2n) is 3.46. The van der Waals surface area contributed by atoms with Gasteiger partial charge in [-0.1, -0.05) is 30.3 Å². The molecule has 0 atom stereocenters. The average molecular weight is 321 g/mol. The number of halogens is 1. The summed E-state index contributed by atoms with van der Waals surface area (Å²) in [5, 5.41) is 0. The van der Waals surface area contributed by atoms with Crippen molar-refractivity contribution in [3.63, 3.8) is 0 Å². The summed E-state index contributed by atoms with van der Waals surface area (Å²) >= 11 is 2.24. The van der Waals surface area contributed by atoms with Gasteiger partial charge in [0.2, 0.25) is 0 Å². The van der Waals surface area contributed by atoms with Crippen molar-refractivity contribution in [2.45, 2.75) is 0 Å². The van der Waals surface area contributed by atoms with Crippen molar-refractivity contribution in [2.75, 3.05) is 0 Å². The first-order chi connectivity index (χ1) is 7.84. The smallest absolute Gasteiger partial charge is 0.177 e. The normalized spacial score (nSPS) is 10.8. The second kappa shape index (κ2) is 3.86. The third kappa shape index (κ3) is 1.59. The fraction of sp³-hybridized carbons (Fsp3) is 0. The van der Waals surface area contributed by atoms with E-state index in [4.69, 9.17) is 0 Å². The standard InChI is InChI=1S/C12H8IN3/c13-16-8-10(9-4-2-1-3-5-9)15-12-11(16)6-7-14-12/h1-8H. The third-order valence-electron chi connectivity index (χ3n) is 2.42. The summed E-state index contributed by atoms with van der Waals surface area (Å²) < 4.78 is 2.02. The maximum Gasteiger partial charge on any atom is 0.177 e. The van der Waals surface area contributed by atoms with Crippen LogP contribution in [0.5, 0.6) is 0 Å². The Labute approximate surface area is 107 Å². The highest BCUT2D eigenvalue weighted by atomic mass is 127. The van der Waals surface area contributed by atoms with Crippen LogP contribution in [0, 0.1) is 0 Å². The molecule has 3 nitrogen and oxygen atoms in total. The van der Waals surface area contributed by atoms with Crippen LogP contribution in [-0.2, 0) is 0 Å².